The first kappa shape index (κ1) is 7.32. The van der Waals surface area contributed by atoms with E-state index >= 15 is 0 Å². The van der Waals surface area contributed by atoms with Gasteiger partial charge in [0, 0.05) is 0 Å². The predicted octanol–water partition coefficient (Wildman–Crippen LogP) is -1.02. The topological polar surface area (TPSA) is 0 Å². The Morgan fingerprint density at radius 1 is 1.56 bits per heavy atom. The molecule has 0 atom stereocenters. The van der Waals surface area contributed by atoms with Gasteiger partial charge in [0.15, 0.2) is 0 Å². The minimum atomic E-state index is 0.463. The zero-order chi connectivity index (χ0) is 6.53. The summed E-state index contributed by atoms with van der Waals surface area (Å²) in [5.41, 5.74) is 1.58. The van der Waals surface area contributed by atoms with Crippen molar-refractivity contribution in [3.63, 3.8) is 0 Å². The van der Waals surface area contributed by atoms with E-state index in [1.54, 1.807) is 5.57 Å². The van der Waals surface area contributed by atoms with E-state index in [2.05, 4.69) is 23.2 Å². The standard InChI is InChI=1S/C8H12I/c1-9-7-8-5-3-2-4-6-8/h3,5-6H,2,4,7H2,1H3/q-1. The summed E-state index contributed by atoms with van der Waals surface area (Å²) in [4.78, 5) is 2.34. The van der Waals surface area contributed by atoms with E-state index in [-0.39, 0.29) is 0 Å². The summed E-state index contributed by atoms with van der Waals surface area (Å²) in [6, 6.07) is 0. The Balaban J connectivity index is 2.38. The van der Waals surface area contributed by atoms with Crippen molar-refractivity contribution in [2.45, 2.75) is 12.8 Å². The van der Waals surface area contributed by atoms with Crippen molar-refractivity contribution in [2.75, 3.05) is 9.36 Å². The Morgan fingerprint density at radius 3 is 3.00 bits per heavy atom. The van der Waals surface area contributed by atoms with Gasteiger partial charge in [-0.3, -0.25) is 0 Å². The molecule has 0 unspecified atom stereocenters. The van der Waals surface area contributed by atoms with Crippen LogP contribution in [0.15, 0.2) is 23.8 Å². The van der Waals surface area contributed by atoms with Crippen LogP contribution in [0.2, 0.25) is 0 Å². The van der Waals surface area contributed by atoms with Crippen LogP contribution in [0.25, 0.3) is 0 Å². The molecule has 1 rings (SSSR count). The molecule has 9 heavy (non-hydrogen) atoms. The fraction of sp³-hybridized carbons (Fsp3) is 0.500. The second kappa shape index (κ2) is 4.09. The van der Waals surface area contributed by atoms with Gasteiger partial charge in [0.05, 0.1) is 0 Å². The van der Waals surface area contributed by atoms with Gasteiger partial charge in [0.1, 0.15) is 0 Å². The Hall–Kier alpha value is 0.210. The first-order valence-electron chi connectivity index (χ1n) is 3.23. The van der Waals surface area contributed by atoms with Crippen LogP contribution in [0, 0.1) is 0 Å². The van der Waals surface area contributed by atoms with Gasteiger partial charge in [0.2, 0.25) is 0 Å². The van der Waals surface area contributed by atoms with Crippen LogP contribution in [0.1, 0.15) is 12.8 Å². The van der Waals surface area contributed by atoms with E-state index in [1.807, 2.05) is 0 Å². The van der Waals surface area contributed by atoms with E-state index in [4.69, 9.17) is 0 Å². The molecule has 0 spiro atoms. The molecule has 0 heterocycles. The average Bonchev–Trinajstić information content (AvgIpc) is 1.91. The summed E-state index contributed by atoms with van der Waals surface area (Å²) >= 11 is 0.463. The van der Waals surface area contributed by atoms with Gasteiger partial charge >= 0.3 is 67.2 Å². The summed E-state index contributed by atoms with van der Waals surface area (Å²) in [6.07, 6.45) is 9.48. The molecule has 52 valence electrons. The maximum atomic E-state index is 2.38. The molecule has 0 aliphatic heterocycles. The third-order valence-corrected chi connectivity index (χ3v) is 3.00. The van der Waals surface area contributed by atoms with Gasteiger partial charge in [-0.05, 0) is 0 Å². The summed E-state index contributed by atoms with van der Waals surface area (Å²) < 4.78 is 1.37. The van der Waals surface area contributed by atoms with Gasteiger partial charge in [-0.25, -0.2) is 0 Å². The molecule has 0 saturated carbocycles. The molecule has 0 amide bonds. The van der Waals surface area contributed by atoms with Crippen molar-refractivity contribution in [1.29, 1.82) is 0 Å². The molecular weight excluding hydrogens is 223 g/mol. The normalized spacial score (nSPS) is 18.1. The molecule has 0 N–H and O–H groups in total. The van der Waals surface area contributed by atoms with Gasteiger partial charge < -0.3 is 0 Å². The van der Waals surface area contributed by atoms with Crippen molar-refractivity contribution in [3.05, 3.63) is 23.8 Å². The number of alkyl halides is 2. The van der Waals surface area contributed by atoms with Crippen LogP contribution in [-0.2, 0) is 0 Å². The number of hydrogen-bond donors (Lipinski definition) is 0. The predicted molar refractivity (Wildman–Crippen MR) is 37.2 cm³/mol. The monoisotopic (exact) mass is 235 g/mol. The summed E-state index contributed by atoms with van der Waals surface area (Å²) in [5, 5.41) is 0. The zero-order valence-electron chi connectivity index (χ0n) is 5.73. The van der Waals surface area contributed by atoms with E-state index in [9.17, 15) is 0 Å². The Morgan fingerprint density at radius 2 is 2.44 bits per heavy atom. The molecule has 1 aliphatic rings. The molecule has 1 aliphatic carbocycles. The molecule has 0 aromatic carbocycles. The van der Waals surface area contributed by atoms with Crippen LogP contribution in [-0.4, -0.2) is 9.36 Å². The van der Waals surface area contributed by atoms with E-state index < -0.39 is 0 Å². The summed E-state index contributed by atoms with van der Waals surface area (Å²) in [6.45, 7) is 0. The number of allylic oxidation sites excluding steroid dienone is 4. The van der Waals surface area contributed by atoms with Crippen molar-refractivity contribution in [1.82, 2.24) is 0 Å². The number of rotatable bonds is 2. The first-order chi connectivity index (χ1) is 4.43. The second-order valence-electron chi connectivity index (χ2n) is 2.16. The van der Waals surface area contributed by atoms with Gasteiger partial charge in [0.25, 0.3) is 0 Å². The molecule has 0 radical (unpaired) electrons. The zero-order valence-corrected chi connectivity index (χ0v) is 7.89. The summed E-state index contributed by atoms with van der Waals surface area (Å²) in [5.74, 6) is 0. The van der Waals surface area contributed by atoms with Crippen LogP contribution in [0.4, 0.5) is 0 Å². The first-order valence-corrected chi connectivity index (χ1v) is 6.91. The van der Waals surface area contributed by atoms with Gasteiger partial charge in [-0.15, -0.1) is 0 Å². The van der Waals surface area contributed by atoms with Crippen molar-refractivity contribution < 1.29 is 21.2 Å². The van der Waals surface area contributed by atoms with Crippen LogP contribution in [0.5, 0.6) is 0 Å². The van der Waals surface area contributed by atoms with E-state index in [0.717, 1.165) is 0 Å². The molecule has 0 nitrogen and oxygen atoms in total. The Kier molecular flexibility index (Phi) is 3.33. The van der Waals surface area contributed by atoms with Crippen LogP contribution in [0.3, 0.4) is 0 Å². The summed E-state index contributed by atoms with van der Waals surface area (Å²) in [7, 11) is 0. The van der Waals surface area contributed by atoms with Crippen LogP contribution >= 0.6 is 0 Å². The SMILES string of the molecule is C[I-]CC1=CCCC=C1. The van der Waals surface area contributed by atoms with E-state index in [1.165, 1.54) is 17.3 Å². The maximum absolute atomic E-state index is 2.38. The van der Waals surface area contributed by atoms with Gasteiger partial charge in [-0.2, -0.15) is 0 Å². The van der Waals surface area contributed by atoms with Crippen molar-refractivity contribution in [2.24, 2.45) is 0 Å². The fourth-order valence-electron chi connectivity index (χ4n) is 0.921. The number of halogens is 1. The third-order valence-electron chi connectivity index (χ3n) is 1.36. The molecule has 0 fully saturated rings. The van der Waals surface area contributed by atoms with Crippen molar-refractivity contribution in [3.8, 4) is 0 Å². The molecule has 0 aromatic heterocycles. The Labute approximate surface area is 67.3 Å². The minimum absolute atomic E-state index is 0.463. The number of hydrogen-bond acceptors (Lipinski definition) is 0. The van der Waals surface area contributed by atoms with Crippen molar-refractivity contribution >= 4 is 0 Å². The fourth-order valence-corrected chi connectivity index (χ4v) is 2.37. The second-order valence-corrected chi connectivity index (χ2v) is 4.45. The molecule has 1 heteroatoms. The van der Waals surface area contributed by atoms with Crippen LogP contribution < -0.4 is 21.2 Å². The molecular formula is C8H12I-. The Bertz CT molecular complexity index is 134. The molecule has 0 saturated heterocycles. The average molecular weight is 235 g/mol. The van der Waals surface area contributed by atoms with Gasteiger partial charge in [-0.1, -0.05) is 0 Å². The van der Waals surface area contributed by atoms with E-state index in [0.29, 0.717) is 21.2 Å². The molecule has 0 bridgehead atoms. The third kappa shape index (κ3) is 2.52. The quantitative estimate of drug-likeness (QED) is 0.424. The molecule has 0 aromatic rings.